The first-order chi connectivity index (χ1) is 11.6. The Morgan fingerprint density at radius 1 is 1.12 bits per heavy atom. The minimum absolute atomic E-state index is 0.375. The van der Waals surface area contributed by atoms with Gasteiger partial charge in [-0.3, -0.25) is 0 Å². The summed E-state index contributed by atoms with van der Waals surface area (Å²) < 4.78 is 1.89. The van der Waals surface area contributed by atoms with Gasteiger partial charge in [0.15, 0.2) is 5.82 Å². The molecule has 1 aromatic heterocycles. The quantitative estimate of drug-likeness (QED) is 0.492. The third kappa shape index (κ3) is 4.00. The molecule has 7 heteroatoms. The first-order valence-corrected chi connectivity index (χ1v) is 8.20. The lowest BCUT2D eigenvalue weighted by Crippen LogP contribution is -1.94. The molecule has 0 bridgehead atoms. The highest BCUT2D eigenvalue weighted by atomic mass is 35.5. The fourth-order valence-electron chi connectivity index (χ4n) is 2.04. The predicted octanol–water partition coefficient (Wildman–Crippen LogP) is 5.37. The van der Waals surface area contributed by atoms with Crippen molar-refractivity contribution in [2.75, 3.05) is 0 Å². The number of hydrogen-bond donors (Lipinski definition) is 1. The Bertz CT molecular complexity index is 941. The van der Waals surface area contributed by atoms with Gasteiger partial charge in [0.25, 0.3) is 0 Å². The Morgan fingerprint density at radius 3 is 2.54 bits per heavy atom. The Kier molecular flexibility index (Phi) is 5.25. The summed E-state index contributed by atoms with van der Waals surface area (Å²) in [6.45, 7) is 0. The molecule has 0 aliphatic heterocycles. The van der Waals surface area contributed by atoms with Gasteiger partial charge in [-0.25, -0.2) is 5.10 Å². The molecule has 0 fully saturated rings. The molecule has 0 saturated heterocycles. The second-order valence-corrected chi connectivity index (χ2v) is 6.12. The van der Waals surface area contributed by atoms with Crippen LogP contribution in [0.1, 0.15) is 5.56 Å². The zero-order chi connectivity index (χ0) is 16.9. The number of halogens is 2. The number of aromatic amines is 1. The molecule has 0 aliphatic rings. The maximum Gasteiger partial charge on any atom is 0.216 e. The van der Waals surface area contributed by atoms with E-state index in [1.165, 1.54) is 10.9 Å². The molecule has 0 saturated carbocycles. The van der Waals surface area contributed by atoms with Crippen LogP contribution in [0.15, 0.2) is 64.7 Å². The topological polar surface area (TPSA) is 46.0 Å². The molecule has 3 aromatic rings. The van der Waals surface area contributed by atoms with Crippen molar-refractivity contribution in [1.29, 1.82) is 0 Å². The molecular formula is C17H12Cl2N4S. The number of aromatic nitrogens is 3. The summed E-state index contributed by atoms with van der Waals surface area (Å²) in [5.41, 5.74) is 1.83. The highest BCUT2D eigenvalue weighted by Crippen LogP contribution is 2.20. The van der Waals surface area contributed by atoms with Gasteiger partial charge < -0.3 is 0 Å². The fraction of sp³-hybridized carbons (Fsp3) is 0. The van der Waals surface area contributed by atoms with Crippen molar-refractivity contribution >= 4 is 47.7 Å². The average molecular weight is 375 g/mol. The van der Waals surface area contributed by atoms with Gasteiger partial charge >= 0.3 is 0 Å². The van der Waals surface area contributed by atoms with E-state index in [4.69, 9.17) is 35.4 Å². The first kappa shape index (κ1) is 16.6. The highest BCUT2D eigenvalue weighted by molar-refractivity contribution is 7.71. The van der Waals surface area contributed by atoms with Crippen LogP contribution in [0, 0.1) is 4.77 Å². The van der Waals surface area contributed by atoms with Gasteiger partial charge in [-0.05, 0) is 48.1 Å². The number of rotatable bonds is 4. The van der Waals surface area contributed by atoms with Gasteiger partial charge in [-0.15, -0.1) is 0 Å². The van der Waals surface area contributed by atoms with Gasteiger partial charge in [0.2, 0.25) is 4.77 Å². The van der Waals surface area contributed by atoms with Crippen molar-refractivity contribution in [3.63, 3.8) is 0 Å². The highest BCUT2D eigenvalue weighted by Gasteiger charge is 2.07. The number of benzene rings is 2. The first-order valence-electron chi connectivity index (χ1n) is 7.03. The second kappa shape index (κ2) is 7.57. The number of allylic oxidation sites excluding steroid dienone is 1. The molecule has 1 heterocycles. The Hall–Kier alpha value is -2.21. The molecule has 0 amide bonds. The Labute approximate surface area is 154 Å². The van der Waals surface area contributed by atoms with E-state index in [0.29, 0.717) is 20.7 Å². The molecule has 0 unspecified atom stereocenters. The monoisotopic (exact) mass is 374 g/mol. The van der Waals surface area contributed by atoms with Crippen molar-refractivity contribution in [2.24, 2.45) is 5.10 Å². The van der Waals surface area contributed by atoms with E-state index in [1.807, 2.05) is 48.5 Å². The number of nitrogens with zero attached hydrogens (tertiary/aromatic N) is 3. The lowest BCUT2D eigenvalue weighted by atomic mass is 10.2. The van der Waals surface area contributed by atoms with E-state index in [-0.39, 0.29) is 0 Å². The minimum atomic E-state index is 0.375. The van der Waals surface area contributed by atoms with Crippen molar-refractivity contribution in [2.45, 2.75) is 0 Å². The van der Waals surface area contributed by atoms with Crippen LogP contribution in [-0.2, 0) is 0 Å². The van der Waals surface area contributed by atoms with Crippen LogP contribution in [0.3, 0.4) is 0 Å². The summed E-state index contributed by atoms with van der Waals surface area (Å²) >= 11 is 17.4. The van der Waals surface area contributed by atoms with Crippen LogP contribution in [0.5, 0.6) is 0 Å². The van der Waals surface area contributed by atoms with E-state index in [2.05, 4.69) is 15.3 Å². The number of nitrogens with one attached hydrogen (secondary N) is 1. The van der Waals surface area contributed by atoms with E-state index < -0.39 is 0 Å². The molecule has 1 N–H and O–H groups in total. The maximum absolute atomic E-state index is 6.22. The SMILES string of the molecule is S=c1[nH]nc(-c2ccc(Cl)cc2)n1N=C/C(Cl)=C/c1ccccc1. The third-order valence-corrected chi connectivity index (χ3v) is 3.88. The lowest BCUT2D eigenvalue weighted by Gasteiger charge is -2.01. The summed E-state index contributed by atoms with van der Waals surface area (Å²) in [4.78, 5) is 0. The van der Waals surface area contributed by atoms with Crippen LogP contribution in [0.4, 0.5) is 0 Å². The summed E-state index contributed by atoms with van der Waals surface area (Å²) in [7, 11) is 0. The fourth-order valence-corrected chi connectivity index (χ4v) is 2.52. The van der Waals surface area contributed by atoms with Crippen LogP contribution < -0.4 is 0 Å². The van der Waals surface area contributed by atoms with E-state index >= 15 is 0 Å². The van der Waals surface area contributed by atoms with E-state index in [1.54, 1.807) is 12.1 Å². The van der Waals surface area contributed by atoms with Gasteiger partial charge in [-0.2, -0.15) is 14.9 Å². The van der Waals surface area contributed by atoms with E-state index in [0.717, 1.165) is 11.1 Å². The molecule has 4 nitrogen and oxygen atoms in total. The van der Waals surface area contributed by atoms with Crippen molar-refractivity contribution in [1.82, 2.24) is 14.9 Å². The van der Waals surface area contributed by atoms with Crippen molar-refractivity contribution in [3.8, 4) is 11.4 Å². The standard InChI is InChI=1S/C17H12Cl2N4S/c18-14-8-6-13(7-9-14)16-21-22-17(24)23(16)20-11-15(19)10-12-4-2-1-3-5-12/h1-11H,(H,22,24)/b15-10-,20-11?. The molecule has 2 aromatic carbocycles. The summed E-state index contributed by atoms with van der Waals surface area (Å²) in [5, 5.41) is 12.4. The molecule has 0 atom stereocenters. The van der Waals surface area contributed by atoms with Crippen molar-refractivity contribution < 1.29 is 0 Å². The Morgan fingerprint density at radius 2 is 1.83 bits per heavy atom. The van der Waals surface area contributed by atoms with Gasteiger partial charge in [0, 0.05) is 10.6 Å². The largest absolute Gasteiger partial charge is 0.250 e. The van der Waals surface area contributed by atoms with Crippen LogP contribution in [0.25, 0.3) is 17.5 Å². The molecule has 3 rings (SSSR count). The summed E-state index contributed by atoms with van der Waals surface area (Å²) in [6.07, 6.45) is 3.34. The molecule has 0 radical (unpaired) electrons. The van der Waals surface area contributed by atoms with Gasteiger partial charge in [0.05, 0.1) is 11.2 Å². The van der Waals surface area contributed by atoms with Crippen LogP contribution in [-0.4, -0.2) is 21.1 Å². The molecule has 120 valence electrons. The van der Waals surface area contributed by atoms with Crippen LogP contribution >= 0.6 is 35.4 Å². The van der Waals surface area contributed by atoms with Crippen molar-refractivity contribution in [3.05, 3.63) is 75.0 Å². The van der Waals surface area contributed by atoms with E-state index in [9.17, 15) is 0 Å². The lowest BCUT2D eigenvalue weighted by molar-refractivity contribution is 0.872. The summed E-state index contributed by atoms with van der Waals surface area (Å²) in [5.74, 6) is 0.581. The summed E-state index contributed by atoms with van der Waals surface area (Å²) in [6, 6.07) is 17.0. The molecule has 0 spiro atoms. The smallest absolute Gasteiger partial charge is 0.216 e. The zero-order valence-corrected chi connectivity index (χ0v) is 14.7. The van der Waals surface area contributed by atoms with Crippen LogP contribution in [0.2, 0.25) is 5.02 Å². The molecular weight excluding hydrogens is 363 g/mol. The minimum Gasteiger partial charge on any atom is -0.250 e. The average Bonchev–Trinajstić information content (AvgIpc) is 2.95. The second-order valence-electron chi connectivity index (χ2n) is 4.86. The predicted molar refractivity (Wildman–Crippen MR) is 102 cm³/mol. The normalized spacial score (nSPS) is 12.0. The maximum atomic E-state index is 6.22. The zero-order valence-electron chi connectivity index (χ0n) is 12.4. The third-order valence-electron chi connectivity index (χ3n) is 3.15. The molecule has 0 aliphatic carbocycles. The number of H-pyrrole nitrogens is 1. The van der Waals surface area contributed by atoms with Gasteiger partial charge in [-0.1, -0.05) is 53.5 Å². The number of hydrogen-bond acceptors (Lipinski definition) is 3. The van der Waals surface area contributed by atoms with Gasteiger partial charge in [0.1, 0.15) is 0 Å². The Balaban J connectivity index is 1.90. The molecule has 24 heavy (non-hydrogen) atoms.